The fourth-order valence-electron chi connectivity index (χ4n) is 3.18. The molecule has 3 N–H and O–H groups in total. The Labute approximate surface area is 135 Å². The van der Waals surface area contributed by atoms with E-state index < -0.39 is 0 Å². The first kappa shape index (κ1) is 14.9. The largest absolute Gasteiger partial charge is 0.271 e. The number of nitrogens with two attached hydrogens (primary N) is 1. The monoisotopic (exact) mass is 320 g/mol. The van der Waals surface area contributed by atoms with E-state index in [4.69, 9.17) is 29.0 Å². The molecular weight excluding hydrogens is 303 g/mol. The summed E-state index contributed by atoms with van der Waals surface area (Å²) in [6, 6.07) is 14.4. The second-order valence-electron chi connectivity index (χ2n) is 5.65. The van der Waals surface area contributed by atoms with Gasteiger partial charge in [0.25, 0.3) is 0 Å². The van der Waals surface area contributed by atoms with Gasteiger partial charge in [0.05, 0.1) is 0 Å². The normalized spacial score (nSPS) is 16.0. The molecule has 0 fully saturated rings. The number of hydrogen-bond donors (Lipinski definition) is 2. The van der Waals surface area contributed by atoms with Gasteiger partial charge in [-0.25, -0.2) is 0 Å². The lowest BCUT2D eigenvalue weighted by atomic mass is 9.91. The number of hydrazine groups is 1. The summed E-state index contributed by atoms with van der Waals surface area (Å²) in [5.74, 6) is 6.29. The highest BCUT2D eigenvalue weighted by atomic mass is 35.5. The van der Waals surface area contributed by atoms with Crippen LogP contribution in [0, 0.1) is 5.92 Å². The van der Waals surface area contributed by atoms with Gasteiger partial charge in [-0.3, -0.25) is 11.3 Å². The van der Waals surface area contributed by atoms with Crippen LogP contribution in [0.2, 0.25) is 10.0 Å². The Bertz CT molecular complexity index is 617. The Morgan fingerprint density at radius 3 is 2.38 bits per heavy atom. The topological polar surface area (TPSA) is 38.0 Å². The summed E-state index contributed by atoms with van der Waals surface area (Å²) in [6.45, 7) is 0. The summed E-state index contributed by atoms with van der Waals surface area (Å²) >= 11 is 12.3. The Morgan fingerprint density at radius 2 is 1.76 bits per heavy atom. The summed E-state index contributed by atoms with van der Waals surface area (Å²) in [6.07, 6.45) is 2.90. The number of fused-ring (bicyclic) bond motifs is 1. The highest BCUT2D eigenvalue weighted by Crippen LogP contribution is 2.31. The molecule has 21 heavy (non-hydrogen) atoms. The zero-order valence-electron chi connectivity index (χ0n) is 11.7. The standard InChI is InChI=1S/C17H18Cl2N2/c18-15-5-6-16(19)13(9-15)10-17(21-20)14-7-11-3-1-2-4-12(11)8-14/h1-6,9,14,17,21H,7-8,10,20H2. The molecule has 1 atom stereocenters. The third-order valence-electron chi connectivity index (χ3n) is 4.31. The molecule has 1 aliphatic rings. The van der Waals surface area contributed by atoms with Crippen molar-refractivity contribution in [1.82, 2.24) is 5.43 Å². The van der Waals surface area contributed by atoms with Crippen molar-refractivity contribution >= 4 is 23.2 Å². The summed E-state index contributed by atoms with van der Waals surface area (Å²) in [5.41, 5.74) is 6.88. The number of nitrogens with one attached hydrogen (secondary N) is 1. The lowest BCUT2D eigenvalue weighted by Crippen LogP contribution is -2.43. The molecule has 2 aromatic rings. The summed E-state index contributed by atoms with van der Waals surface area (Å²) < 4.78 is 0. The van der Waals surface area contributed by atoms with Gasteiger partial charge in [-0.15, -0.1) is 0 Å². The molecule has 0 radical (unpaired) electrons. The van der Waals surface area contributed by atoms with Crippen LogP contribution in [-0.4, -0.2) is 6.04 Å². The van der Waals surface area contributed by atoms with Crippen LogP contribution in [0.1, 0.15) is 16.7 Å². The number of halogens is 2. The number of rotatable bonds is 4. The molecule has 0 saturated carbocycles. The van der Waals surface area contributed by atoms with Gasteiger partial charge in [0.1, 0.15) is 0 Å². The fourth-order valence-corrected chi connectivity index (χ4v) is 3.57. The van der Waals surface area contributed by atoms with Gasteiger partial charge < -0.3 is 0 Å². The van der Waals surface area contributed by atoms with Gasteiger partial charge in [0.15, 0.2) is 0 Å². The minimum atomic E-state index is 0.188. The second-order valence-corrected chi connectivity index (χ2v) is 6.49. The smallest absolute Gasteiger partial charge is 0.0439 e. The molecular formula is C17H18Cl2N2. The lowest BCUT2D eigenvalue weighted by molar-refractivity contribution is 0.367. The number of benzene rings is 2. The van der Waals surface area contributed by atoms with Crippen LogP contribution in [0.3, 0.4) is 0 Å². The van der Waals surface area contributed by atoms with Crippen LogP contribution >= 0.6 is 23.2 Å². The van der Waals surface area contributed by atoms with Crippen molar-refractivity contribution in [2.75, 3.05) is 0 Å². The lowest BCUT2D eigenvalue weighted by Gasteiger charge is -2.23. The Morgan fingerprint density at radius 1 is 1.10 bits per heavy atom. The molecule has 0 spiro atoms. The minimum absolute atomic E-state index is 0.188. The van der Waals surface area contributed by atoms with E-state index in [9.17, 15) is 0 Å². The van der Waals surface area contributed by atoms with Crippen molar-refractivity contribution in [2.24, 2.45) is 11.8 Å². The van der Waals surface area contributed by atoms with Gasteiger partial charge in [0.2, 0.25) is 0 Å². The van der Waals surface area contributed by atoms with Gasteiger partial charge in [-0.05, 0) is 60.1 Å². The average Bonchev–Trinajstić information content (AvgIpc) is 2.91. The minimum Gasteiger partial charge on any atom is -0.271 e. The number of hydrogen-bond acceptors (Lipinski definition) is 2. The fraction of sp³-hybridized carbons (Fsp3) is 0.294. The molecule has 0 aliphatic heterocycles. The average molecular weight is 321 g/mol. The molecule has 1 unspecified atom stereocenters. The molecule has 0 amide bonds. The van der Waals surface area contributed by atoms with Crippen LogP contribution in [-0.2, 0) is 19.3 Å². The van der Waals surface area contributed by atoms with E-state index in [-0.39, 0.29) is 6.04 Å². The third kappa shape index (κ3) is 3.24. The molecule has 0 heterocycles. The highest BCUT2D eigenvalue weighted by molar-refractivity contribution is 6.33. The van der Waals surface area contributed by atoms with Crippen molar-refractivity contribution in [3.63, 3.8) is 0 Å². The molecule has 2 nitrogen and oxygen atoms in total. The summed E-state index contributed by atoms with van der Waals surface area (Å²) in [7, 11) is 0. The molecule has 2 aromatic carbocycles. The van der Waals surface area contributed by atoms with E-state index in [1.165, 1.54) is 11.1 Å². The molecule has 0 bridgehead atoms. The van der Waals surface area contributed by atoms with Crippen molar-refractivity contribution in [2.45, 2.75) is 25.3 Å². The van der Waals surface area contributed by atoms with E-state index in [0.717, 1.165) is 29.8 Å². The Balaban J connectivity index is 1.76. The molecule has 110 valence electrons. The maximum absolute atomic E-state index is 6.27. The molecule has 4 heteroatoms. The van der Waals surface area contributed by atoms with Crippen LogP contribution in [0.4, 0.5) is 0 Å². The quantitative estimate of drug-likeness (QED) is 0.664. The van der Waals surface area contributed by atoms with Crippen molar-refractivity contribution in [3.8, 4) is 0 Å². The van der Waals surface area contributed by atoms with Gasteiger partial charge in [-0.2, -0.15) is 0 Å². The maximum Gasteiger partial charge on any atom is 0.0439 e. The molecule has 1 aliphatic carbocycles. The predicted octanol–water partition coefficient (Wildman–Crippen LogP) is 3.78. The van der Waals surface area contributed by atoms with E-state index in [1.807, 2.05) is 18.2 Å². The predicted molar refractivity (Wildman–Crippen MR) is 88.6 cm³/mol. The zero-order chi connectivity index (χ0) is 14.8. The Kier molecular flexibility index (Phi) is 4.51. The van der Waals surface area contributed by atoms with E-state index in [1.54, 1.807) is 0 Å². The van der Waals surface area contributed by atoms with Gasteiger partial charge in [-0.1, -0.05) is 47.5 Å². The Hall–Kier alpha value is -1.06. The van der Waals surface area contributed by atoms with Gasteiger partial charge in [0, 0.05) is 16.1 Å². The van der Waals surface area contributed by atoms with E-state index >= 15 is 0 Å². The molecule has 3 rings (SSSR count). The maximum atomic E-state index is 6.27. The SMILES string of the molecule is NNC(Cc1cc(Cl)ccc1Cl)C1Cc2ccccc2C1. The second kappa shape index (κ2) is 6.37. The van der Waals surface area contributed by atoms with E-state index in [0.29, 0.717) is 10.9 Å². The van der Waals surface area contributed by atoms with Crippen LogP contribution in [0.15, 0.2) is 42.5 Å². The summed E-state index contributed by atoms with van der Waals surface area (Å²) in [4.78, 5) is 0. The molecule has 0 aromatic heterocycles. The highest BCUT2D eigenvalue weighted by Gasteiger charge is 2.28. The first-order valence-corrected chi connectivity index (χ1v) is 7.90. The van der Waals surface area contributed by atoms with Crippen molar-refractivity contribution in [3.05, 3.63) is 69.2 Å². The van der Waals surface area contributed by atoms with Gasteiger partial charge >= 0.3 is 0 Å². The van der Waals surface area contributed by atoms with Crippen LogP contribution in [0.25, 0.3) is 0 Å². The van der Waals surface area contributed by atoms with Crippen molar-refractivity contribution in [1.29, 1.82) is 0 Å². The van der Waals surface area contributed by atoms with E-state index in [2.05, 4.69) is 29.7 Å². The third-order valence-corrected chi connectivity index (χ3v) is 4.92. The first-order chi connectivity index (χ1) is 10.2. The van der Waals surface area contributed by atoms with Crippen LogP contribution in [0.5, 0.6) is 0 Å². The summed E-state index contributed by atoms with van der Waals surface area (Å²) in [5, 5.41) is 1.45. The first-order valence-electron chi connectivity index (χ1n) is 7.14. The van der Waals surface area contributed by atoms with Crippen LogP contribution < -0.4 is 11.3 Å². The van der Waals surface area contributed by atoms with Crippen molar-refractivity contribution < 1.29 is 0 Å². The zero-order valence-corrected chi connectivity index (χ0v) is 13.2. The molecule has 0 saturated heterocycles.